The Hall–Kier alpha value is -1.07. The van der Waals surface area contributed by atoms with E-state index in [4.69, 9.17) is 11.6 Å². The highest BCUT2D eigenvalue weighted by Gasteiger charge is 2.23. The molecule has 1 aliphatic carbocycles. The van der Waals surface area contributed by atoms with E-state index < -0.39 is 5.56 Å². The third-order valence-electron chi connectivity index (χ3n) is 2.87. The molecule has 1 fully saturated rings. The van der Waals surface area contributed by atoms with Crippen LogP contribution in [0, 0.1) is 0 Å². The van der Waals surface area contributed by atoms with Crippen LogP contribution in [0.4, 0.5) is 5.69 Å². The second-order valence-electron chi connectivity index (χ2n) is 4.03. The fraction of sp³-hybridized carbons (Fsp3) is 0.600. The molecule has 0 bridgehead atoms. The molecule has 3 N–H and O–H groups in total. The summed E-state index contributed by atoms with van der Waals surface area (Å²) in [5, 5.41) is 18.9. The number of aliphatic hydroxyl groups excluding tert-OH is 1. The summed E-state index contributed by atoms with van der Waals surface area (Å²) in [7, 11) is 0. The lowest BCUT2D eigenvalue weighted by atomic mass is 9.92. The van der Waals surface area contributed by atoms with Gasteiger partial charge in [0.15, 0.2) is 0 Å². The summed E-state index contributed by atoms with van der Waals surface area (Å²) in [6.07, 6.45) is 4.86. The van der Waals surface area contributed by atoms with Crippen LogP contribution in [-0.4, -0.2) is 27.4 Å². The first-order chi connectivity index (χ1) is 7.68. The molecule has 0 radical (unpaired) electrons. The minimum Gasteiger partial charge on any atom is -0.391 e. The molecule has 2 atom stereocenters. The number of hydrogen-bond donors (Lipinski definition) is 3. The lowest BCUT2D eigenvalue weighted by molar-refractivity contribution is 0.116. The van der Waals surface area contributed by atoms with E-state index in [1.807, 2.05) is 0 Å². The quantitative estimate of drug-likeness (QED) is 0.728. The number of H-pyrrole nitrogens is 1. The summed E-state index contributed by atoms with van der Waals surface area (Å²) in [6.45, 7) is 0. The molecule has 16 heavy (non-hydrogen) atoms. The van der Waals surface area contributed by atoms with Crippen LogP contribution in [-0.2, 0) is 0 Å². The van der Waals surface area contributed by atoms with Crippen molar-refractivity contribution in [2.45, 2.75) is 37.8 Å². The Kier molecular flexibility index (Phi) is 3.46. The minimum atomic E-state index is -0.419. The SMILES string of the molecule is O=c1[nH]ncc(N[C@H]2CCCC[C@@H]2O)c1Cl. The second kappa shape index (κ2) is 4.84. The van der Waals surface area contributed by atoms with E-state index in [-0.39, 0.29) is 17.2 Å². The Morgan fingerprint density at radius 2 is 2.25 bits per heavy atom. The van der Waals surface area contributed by atoms with Crippen LogP contribution in [0.2, 0.25) is 5.02 Å². The number of aromatic nitrogens is 2. The summed E-state index contributed by atoms with van der Waals surface area (Å²) in [5.41, 5.74) is 0.0633. The fourth-order valence-electron chi connectivity index (χ4n) is 1.96. The van der Waals surface area contributed by atoms with Gasteiger partial charge in [-0.15, -0.1) is 0 Å². The normalized spacial score (nSPS) is 25.4. The van der Waals surface area contributed by atoms with Crippen molar-refractivity contribution in [2.75, 3.05) is 5.32 Å². The number of anilines is 1. The number of aromatic amines is 1. The number of halogens is 1. The zero-order valence-corrected chi connectivity index (χ0v) is 9.50. The maximum atomic E-state index is 11.2. The molecule has 1 aromatic heterocycles. The van der Waals surface area contributed by atoms with Crippen LogP contribution in [0.15, 0.2) is 11.0 Å². The van der Waals surface area contributed by atoms with Crippen molar-refractivity contribution >= 4 is 17.3 Å². The molecule has 88 valence electrons. The lowest BCUT2D eigenvalue weighted by Crippen LogP contribution is -2.36. The molecule has 1 aromatic rings. The van der Waals surface area contributed by atoms with Crippen molar-refractivity contribution < 1.29 is 5.11 Å². The van der Waals surface area contributed by atoms with E-state index in [1.54, 1.807) is 0 Å². The Morgan fingerprint density at radius 3 is 3.00 bits per heavy atom. The number of rotatable bonds is 2. The number of hydrogen-bond acceptors (Lipinski definition) is 4. The zero-order valence-electron chi connectivity index (χ0n) is 8.74. The predicted molar refractivity (Wildman–Crippen MR) is 61.8 cm³/mol. The van der Waals surface area contributed by atoms with Gasteiger partial charge in [0, 0.05) is 0 Å². The molecule has 1 saturated carbocycles. The molecule has 0 aromatic carbocycles. The Balaban J connectivity index is 2.14. The summed E-state index contributed by atoms with van der Waals surface area (Å²) in [5.74, 6) is 0. The lowest BCUT2D eigenvalue weighted by Gasteiger charge is -2.29. The largest absolute Gasteiger partial charge is 0.391 e. The summed E-state index contributed by atoms with van der Waals surface area (Å²) in [4.78, 5) is 11.2. The maximum absolute atomic E-state index is 11.2. The highest BCUT2D eigenvalue weighted by molar-refractivity contribution is 6.32. The third-order valence-corrected chi connectivity index (χ3v) is 3.24. The van der Waals surface area contributed by atoms with E-state index in [0.717, 1.165) is 25.7 Å². The molecular formula is C10H14ClN3O2. The number of nitrogens with one attached hydrogen (secondary N) is 2. The first-order valence-electron chi connectivity index (χ1n) is 5.36. The topological polar surface area (TPSA) is 78.0 Å². The molecule has 0 saturated heterocycles. The van der Waals surface area contributed by atoms with Gasteiger partial charge < -0.3 is 10.4 Å². The van der Waals surface area contributed by atoms with E-state index in [1.165, 1.54) is 6.20 Å². The molecule has 0 aliphatic heterocycles. The Morgan fingerprint density at radius 1 is 1.50 bits per heavy atom. The Bertz CT molecular complexity index is 421. The Labute approximate surface area is 97.8 Å². The maximum Gasteiger partial charge on any atom is 0.285 e. The van der Waals surface area contributed by atoms with E-state index >= 15 is 0 Å². The monoisotopic (exact) mass is 243 g/mol. The van der Waals surface area contributed by atoms with Gasteiger partial charge in [-0.1, -0.05) is 24.4 Å². The molecule has 6 heteroatoms. The zero-order chi connectivity index (χ0) is 11.5. The van der Waals surface area contributed by atoms with Gasteiger partial charge in [-0.25, -0.2) is 5.10 Å². The molecule has 0 amide bonds. The van der Waals surface area contributed by atoms with Crippen molar-refractivity contribution in [3.05, 3.63) is 21.6 Å². The van der Waals surface area contributed by atoms with Gasteiger partial charge in [0.2, 0.25) is 0 Å². The third kappa shape index (κ3) is 2.36. The summed E-state index contributed by atoms with van der Waals surface area (Å²) >= 11 is 5.83. The first kappa shape index (κ1) is 11.4. The fourth-order valence-corrected chi connectivity index (χ4v) is 2.11. The van der Waals surface area contributed by atoms with Gasteiger partial charge in [0.05, 0.1) is 24.0 Å². The molecule has 1 heterocycles. The highest BCUT2D eigenvalue weighted by Crippen LogP contribution is 2.24. The molecule has 5 nitrogen and oxygen atoms in total. The molecular weight excluding hydrogens is 230 g/mol. The van der Waals surface area contributed by atoms with Crippen molar-refractivity contribution in [1.29, 1.82) is 0 Å². The molecule has 2 rings (SSSR count). The summed E-state index contributed by atoms with van der Waals surface area (Å²) < 4.78 is 0. The standard InChI is InChI=1S/C10H14ClN3O2/c11-9-7(5-12-14-10(9)16)13-6-3-1-2-4-8(6)15/h5-6,8,15H,1-4H2,(H2,13,14,16)/t6-,8-/m0/s1. The molecule has 0 unspecified atom stereocenters. The van der Waals surface area contributed by atoms with Gasteiger partial charge in [0.25, 0.3) is 5.56 Å². The van der Waals surface area contributed by atoms with Gasteiger partial charge in [-0.2, -0.15) is 5.10 Å². The van der Waals surface area contributed by atoms with Crippen molar-refractivity contribution in [2.24, 2.45) is 0 Å². The number of nitrogens with zero attached hydrogens (tertiary/aromatic N) is 1. The molecule has 1 aliphatic rings. The van der Waals surface area contributed by atoms with Crippen LogP contribution in [0.5, 0.6) is 0 Å². The van der Waals surface area contributed by atoms with Gasteiger partial charge >= 0.3 is 0 Å². The highest BCUT2D eigenvalue weighted by atomic mass is 35.5. The van der Waals surface area contributed by atoms with Crippen LogP contribution in [0.3, 0.4) is 0 Å². The van der Waals surface area contributed by atoms with Crippen LogP contribution in [0.25, 0.3) is 0 Å². The van der Waals surface area contributed by atoms with Gasteiger partial charge in [-0.3, -0.25) is 4.79 Å². The first-order valence-corrected chi connectivity index (χ1v) is 5.74. The van der Waals surface area contributed by atoms with Crippen LogP contribution < -0.4 is 10.9 Å². The van der Waals surface area contributed by atoms with Crippen LogP contribution in [0.1, 0.15) is 25.7 Å². The molecule has 0 spiro atoms. The van der Waals surface area contributed by atoms with Gasteiger partial charge in [0.1, 0.15) is 5.02 Å². The van der Waals surface area contributed by atoms with Crippen LogP contribution >= 0.6 is 11.6 Å². The predicted octanol–water partition coefficient (Wildman–Crippen LogP) is 1.14. The second-order valence-corrected chi connectivity index (χ2v) is 4.41. The number of aliphatic hydroxyl groups is 1. The average molecular weight is 244 g/mol. The van der Waals surface area contributed by atoms with E-state index in [9.17, 15) is 9.90 Å². The summed E-state index contributed by atoms with van der Waals surface area (Å²) in [6, 6.07) is -0.0464. The van der Waals surface area contributed by atoms with Crippen molar-refractivity contribution in [3.8, 4) is 0 Å². The smallest absolute Gasteiger partial charge is 0.285 e. The average Bonchev–Trinajstić information content (AvgIpc) is 2.28. The van der Waals surface area contributed by atoms with E-state index in [2.05, 4.69) is 15.5 Å². The van der Waals surface area contributed by atoms with Crippen molar-refractivity contribution in [3.63, 3.8) is 0 Å². The van der Waals surface area contributed by atoms with Gasteiger partial charge in [-0.05, 0) is 12.8 Å². The minimum absolute atomic E-state index is 0.0464. The van der Waals surface area contributed by atoms with E-state index in [0.29, 0.717) is 5.69 Å². The van der Waals surface area contributed by atoms with Crippen molar-refractivity contribution in [1.82, 2.24) is 10.2 Å².